The summed E-state index contributed by atoms with van der Waals surface area (Å²) in [5.74, 6) is 0.965. The zero-order valence-corrected chi connectivity index (χ0v) is 21.4. The molecule has 3 aromatic carbocycles. The third-order valence-corrected chi connectivity index (χ3v) is 6.64. The van der Waals surface area contributed by atoms with E-state index in [1.54, 1.807) is 6.26 Å². The number of unbranched alkanes of at least 4 members (excludes halogenated alkanes) is 3. The van der Waals surface area contributed by atoms with Crippen molar-refractivity contribution in [3.05, 3.63) is 101 Å². The number of para-hydroxylation sites is 1. The first kappa shape index (κ1) is 24.3. The molecule has 2 N–H and O–H groups in total. The third kappa shape index (κ3) is 5.81. The predicted octanol–water partition coefficient (Wildman–Crippen LogP) is 8.45. The van der Waals surface area contributed by atoms with E-state index in [2.05, 4.69) is 94.2 Å². The lowest BCUT2D eigenvalue weighted by molar-refractivity contribution is 0.511. The molecule has 4 heteroatoms. The molecule has 0 bridgehead atoms. The number of nitrogens with zero attached hydrogens (tertiary/aromatic N) is 1. The number of furan rings is 1. The second-order valence-corrected chi connectivity index (χ2v) is 9.52. The van der Waals surface area contributed by atoms with Gasteiger partial charge in [0.1, 0.15) is 5.76 Å². The van der Waals surface area contributed by atoms with Gasteiger partial charge >= 0.3 is 0 Å². The molecule has 2 heterocycles. The molecule has 0 saturated carbocycles. The van der Waals surface area contributed by atoms with Gasteiger partial charge in [-0.15, -0.1) is 0 Å². The van der Waals surface area contributed by atoms with Crippen LogP contribution in [-0.2, 0) is 12.8 Å². The minimum absolute atomic E-state index is 0.660. The van der Waals surface area contributed by atoms with E-state index in [-0.39, 0.29) is 0 Å². The summed E-state index contributed by atoms with van der Waals surface area (Å²) in [6.07, 6.45) is 8.91. The highest BCUT2D eigenvalue weighted by molar-refractivity contribution is 9.10. The number of aromatic nitrogens is 1. The highest BCUT2D eigenvalue weighted by atomic mass is 79.9. The van der Waals surface area contributed by atoms with E-state index in [1.807, 2.05) is 12.1 Å². The first-order valence-electron chi connectivity index (χ1n) is 12.2. The Morgan fingerprint density at radius 1 is 0.794 bits per heavy atom. The van der Waals surface area contributed by atoms with Crippen LogP contribution >= 0.6 is 15.9 Å². The van der Waals surface area contributed by atoms with E-state index in [1.165, 1.54) is 65.2 Å². The normalized spacial score (nSPS) is 11.0. The number of hydrogen-bond donors (Lipinski definition) is 1. The highest BCUT2D eigenvalue weighted by Gasteiger charge is 2.12. The van der Waals surface area contributed by atoms with E-state index in [4.69, 9.17) is 10.2 Å². The van der Waals surface area contributed by atoms with Crippen molar-refractivity contribution >= 4 is 37.7 Å². The SMILES string of the molecule is CCCCCCc1ccc2c(c1)c1ccccc1n2-c1ccc(Br)cc1.NCCc1ccco1. The Morgan fingerprint density at radius 2 is 1.59 bits per heavy atom. The molecule has 176 valence electrons. The van der Waals surface area contributed by atoms with Gasteiger partial charge in [0.05, 0.1) is 17.3 Å². The zero-order valence-electron chi connectivity index (χ0n) is 19.8. The fourth-order valence-electron chi connectivity index (χ4n) is 4.40. The molecule has 0 unspecified atom stereocenters. The molecule has 3 nitrogen and oxygen atoms in total. The molecule has 0 aliphatic rings. The fraction of sp³-hybridized carbons (Fsp3) is 0.267. The number of aryl methyl sites for hydroxylation is 1. The molecular weight excluding hydrogens is 484 g/mol. The second kappa shape index (κ2) is 12.0. The Morgan fingerprint density at radius 3 is 2.32 bits per heavy atom. The van der Waals surface area contributed by atoms with Gasteiger partial charge < -0.3 is 14.7 Å². The molecular formula is C30H33BrN2O. The largest absolute Gasteiger partial charge is 0.469 e. The molecule has 34 heavy (non-hydrogen) atoms. The summed E-state index contributed by atoms with van der Waals surface area (Å²) in [6.45, 7) is 2.93. The van der Waals surface area contributed by atoms with E-state index >= 15 is 0 Å². The van der Waals surface area contributed by atoms with Crippen LogP contribution in [0.3, 0.4) is 0 Å². The molecule has 2 aromatic heterocycles. The molecule has 0 spiro atoms. The fourth-order valence-corrected chi connectivity index (χ4v) is 4.66. The van der Waals surface area contributed by atoms with Gasteiger partial charge in [0.15, 0.2) is 0 Å². The average Bonchev–Trinajstić information content (AvgIpc) is 3.49. The van der Waals surface area contributed by atoms with Gasteiger partial charge in [-0.25, -0.2) is 0 Å². The van der Waals surface area contributed by atoms with Gasteiger partial charge in [0.2, 0.25) is 0 Å². The van der Waals surface area contributed by atoms with E-state index in [9.17, 15) is 0 Å². The van der Waals surface area contributed by atoms with Crippen LogP contribution < -0.4 is 5.73 Å². The maximum atomic E-state index is 5.26. The maximum absolute atomic E-state index is 5.26. The predicted molar refractivity (Wildman–Crippen MR) is 148 cm³/mol. The third-order valence-electron chi connectivity index (χ3n) is 6.11. The Balaban J connectivity index is 0.000000291. The Kier molecular flexibility index (Phi) is 8.62. The summed E-state index contributed by atoms with van der Waals surface area (Å²) in [7, 11) is 0. The monoisotopic (exact) mass is 516 g/mol. The first-order chi connectivity index (χ1) is 16.7. The Bertz CT molecular complexity index is 1300. The van der Waals surface area contributed by atoms with Crippen LogP contribution in [0.15, 0.2) is 94.0 Å². The number of benzene rings is 3. The maximum Gasteiger partial charge on any atom is 0.105 e. The smallest absolute Gasteiger partial charge is 0.105 e. The number of hydrogen-bond acceptors (Lipinski definition) is 2. The molecule has 0 atom stereocenters. The first-order valence-corrected chi connectivity index (χ1v) is 13.0. The molecule has 5 rings (SSSR count). The lowest BCUT2D eigenvalue weighted by Crippen LogP contribution is -2.01. The number of halogens is 1. The lowest BCUT2D eigenvalue weighted by Gasteiger charge is -2.08. The van der Waals surface area contributed by atoms with Crippen molar-refractivity contribution in [2.45, 2.75) is 45.4 Å². The molecule has 5 aromatic rings. The molecule has 0 saturated heterocycles. The second-order valence-electron chi connectivity index (χ2n) is 8.61. The highest BCUT2D eigenvalue weighted by Crippen LogP contribution is 2.33. The zero-order chi connectivity index (χ0) is 23.8. The summed E-state index contributed by atoms with van der Waals surface area (Å²) in [4.78, 5) is 0. The molecule has 0 aliphatic heterocycles. The van der Waals surface area contributed by atoms with Crippen molar-refractivity contribution in [3.63, 3.8) is 0 Å². The lowest BCUT2D eigenvalue weighted by atomic mass is 10.0. The minimum Gasteiger partial charge on any atom is -0.469 e. The van der Waals surface area contributed by atoms with E-state index in [0.29, 0.717) is 6.54 Å². The van der Waals surface area contributed by atoms with Crippen molar-refractivity contribution in [2.24, 2.45) is 5.73 Å². The van der Waals surface area contributed by atoms with Gasteiger partial charge in [-0.3, -0.25) is 0 Å². The summed E-state index contributed by atoms with van der Waals surface area (Å²) in [6, 6.07) is 28.1. The van der Waals surface area contributed by atoms with Crippen molar-refractivity contribution in [1.82, 2.24) is 4.57 Å². The van der Waals surface area contributed by atoms with Gasteiger partial charge in [0, 0.05) is 27.4 Å². The van der Waals surface area contributed by atoms with Crippen molar-refractivity contribution in [2.75, 3.05) is 6.54 Å². The summed E-state index contributed by atoms with van der Waals surface area (Å²) >= 11 is 3.54. The Hall–Kier alpha value is -2.82. The van der Waals surface area contributed by atoms with Crippen LogP contribution in [0.4, 0.5) is 0 Å². The Labute approximate surface area is 210 Å². The van der Waals surface area contributed by atoms with Gasteiger partial charge in [-0.1, -0.05) is 66.4 Å². The topological polar surface area (TPSA) is 44.1 Å². The summed E-state index contributed by atoms with van der Waals surface area (Å²) in [5, 5.41) is 2.69. The van der Waals surface area contributed by atoms with Gasteiger partial charge in [-0.05, 0) is 79.5 Å². The number of fused-ring (bicyclic) bond motifs is 3. The van der Waals surface area contributed by atoms with Crippen molar-refractivity contribution in [1.29, 1.82) is 0 Å². The molecule has 0 aliphatic carbocycles. The van der Waals surface area contributed by atoms with Gasteiger partial charge in [-0.2, -0.15) is 0 Å². The van der Waals surface area contributed by atoms with Crippen LogP contribution in [0.1, 0.15) is 43.9 Å². The molecule has 0 amide bonds. The van der Waals surface area contributed by atoms with Crippen LogP contribution in [0.5, 0.6) is 0 Å². The van der Waals surface area contributed by atoms with E-state index < -0.39 is 0 Å². The van der Waals surface area contributed by atoms with Crippen LogP contribution in [0.25, 0.3) is 27.5 Å². The average molecular weight is 518 g/mol. The van der Waals surface area contributed by atoms with Crippen LogP contribution in [0.2, 0.25) is 0 Å². The van der Waals surface area contributed by atoms with Crippen molar-refractivity contribution in [3.8, 4) is 5.69 Å². The standard InChI is InChI=1S/C24H24BrN.C6H9NO/c1-2-3-4-5-8-18-11-16-24-22(17-18)21-9-6-7-10-23(21)26(24)20-14-12-19(25)13-15-20;7-4-3-6-2-1-5-8-6/h6-7,9-17H,2-5,8H2,1H3;1-2,5H,3-4,7H2. The van der Waals surface area contributed by atoms with Crippen molar-refractivity contribution < 1.29 is 4.42 Å². The summed E-state index contributed by atoms with van der Waals surface area (Å²) < 4.78 is 8.47. The van der Waals surface area contributed by atoms with Crippen LogP contribution in [0, 0.1) is 0 Å². The number of rotatable bonds is 8. The molecule has 0 fully saturated rings. The minimum atomic E-state index is 0.660. The van der Waals surface area contributed by atoms with Crippen LogP contribution in [-0.4, -0.2) is 11.1 Å². The quantitative estimate of drug-likeness (QED) is 0.210. The van der Waals surface area contributed by atoms with E-state index in [0.717, 1.165) is 16.7 Å². The number of nitrogens with two attached hydrogens (primary N) is 1. The summed E-state index contributed by atoms with van der Waals surface area (Å²) in [5.41, 5.74) is 10.5. The molecule has 0 radical (unpaired) electrons. The van der Waals surface area contributed by atoms with Gasteiger partial charge in [0.25, 0.3) is 0 Å².